The first kappa shape index (κ1) is 19.7. The Kier molecular flexibility index (Phi) is 12.5. The van der Waals surface area contributed by atoms with E-state index in [1.54, 1.807) is 0 Å². The number of carboxylic acid groups (broad SMARTS) is 1. The molecule has 0 spiro atoms. The van der Waals surface area contributed by atoms with Crippen LogP contribution >= 0.6 is 0 Å². The molecule has 18 heavy (non-hydrogen) atoms. The molecule has 110 valence electrons. The molecule has 0 saturated heterocycles. The molecule has 0 heterocycles. The molecule has 0 aliphatic heterocycles. The molecular formula is C13H28O5. The van der Waals surface area contributed by atoms with Gasteiger partial charge in [0.25, 0.3) is 0 Å². The summed E-state index contributed by atoms with van der Waals surface area (Å²) in [5.74, 6) is -0.344. The van der Waals surface area contributed by atoms with E-state index in [1.807, 2.05) is 13.8 Å². The number of hydrogen-bond acceptors (Lipinski definition) is 4. The van der Waals surface area contributed by atoms with E-state index in [4.69, 9.17) is 20.4 Å². The van der Waals surface area contributed by atoms with E-state index in [-0.39, 0.29) is 19.8 Å². The minimum Gasteiger partial charge on any atom is -0.481 e. The van der Waals surface area contributed by atoms with Gasteiger partial charge < -0.3 is 20.4 Å². The second kappa shape index (κ2) is 11.4. The monoisotopic (exact) mass is 264 g/mol. The highest BCUT2D eigenvalue weighted by atomic mass is 16.4. The number of aliphatic carboxylic acids is 1. The van der Waals surface area contributed by atoms with E-state index >= 15 is 0 Å². The van der Waals surface area contributed by atoms with Crippen LogP contribution in [0.3, 0.4) is 0 Å². The summed E-state index contributed by atoms with van der Waals surface area (Å²) in [6, 6.07) is 0. The molecular weight excluding hydrogens is 236 g/mol. The highest BCUT2D eigenvalue weighted by Crippen LogP contribution is 2.18. The van der Waals surface area contributed by atoms with Crippen molar-refractivity contribution in [3.8, 4) is 0 Å². The minimum atomic E-state index is -0.684. The van der Waals surface area contributed by atoms with Crippen LogP contribution in [-0.4, -0.2) is 46.2 Å². The molecule has 0 aliphatic carbocycles. The van der Waals surface area contributed by atoms with Crippen LogP contribution in [0, 0.1) is 11.3 Å². The predicted octanol–water partition coefficient (Wildman–Crippen LogP) is 1.26. The van der Waals surface area contributed by atoms with Crippen molar-refractivity contribution in [3.05, 3.63) is 0 Å². The third kappa shape index (κ3) is 9.39. The van der Waals surface area contributed by atoms with Gasteiger partial charge >= 0.3 is 5.97 Å². The van der Waals surface area contributed by atoms with E-state index < -0.39 is 11.4 Å². The second-order valence-corrected chi connectivity index (χ2v) is 4.82. The number of rotatable bonds is 8. The van der Waals surface area contributed by atoms with E-state index in [1.165, 1.54) is 0 Å². The van der Waals surface area contributed by atoms with E-state index in [9.17, 15) is 4.79 Å². The van der Waals surface area contributed by atoms with E-state index in [0.29, 0.717) is 18.8 Å². The average molecular weight is 264 g/mol. The Morgan fingerprint density at radius 2 is 1.56 bits per heavy atom. The molecule has 0 aromatic rings. The van der Waals surface area contributed by atoms with Crippen molar-refractivity contribution in [1.29, 1.82) is 0 Å². The molecule has 0 aliphatic rings. The lowest BCUT2D eigenvalue weighted by atomic mass is 9.88. The van der Waals surface area contributed by atoms with Gasteiger partial charge in [-0.15, -0.1) is 0 Å². The van der Waals surface area contributed by atoms with Gasteiger partial charge in [-0.25, -0.2) is 0 Å². The van der Waals surface area contributed by atoms with Gasteiger partial charge in [0.05, 0.1) is 19.8 Å². The fraction of sp³-hybridized carbons (Fsp3) is 0.923. The van der Waals surface area contributed by atoms with Gasteiger partial charge in [-0.05, 0) is 12.3 Å². The number of aliphatic hydroxyl groups excluding tert-OH is 3. The first-order valence-electron chi connectivity index (χ1n) is 6.45. The third-order valence-electron chi connectivity index (χ3n) is 3.06. The van der Waals surface area contributed by atoms with Crippen LogP contribution < -0.4 is 0 Å². The number of carboxylic acids is 1. The summed E-state index contributed by atoms with van der Waals surface area (Å²) in [7, 11) is 0. The van der Waals surface area contributed by atoms with Gasteiger partial charge in [-0.3, -0.25) is 4.79 Å². The summed E-state index contributed by atoms with van der Waals surface area (Å²) < 4.78 is 0. The van der Waals surface area contributed by atoms with Crippen molar-refractivity contribution < 1.29 is 25.2 Å². The van der Waals surface area contributed by atoms with Crippen molar-refractivity contribution in [2.24, 2.45) is 11.3 Å². The second-order valence-electron chi connectivity index (χ2n) is 4.82. The number of aliphatic hydroxyl groups is 3. The fourth-order valence-electron chi connectivity index (χ4n) is 1.38. The zero-order valence-electron chi connectivity index (χ0n) is 11.7. The zero-order chi connectivity index (χ0) is 14.6. The fourth-order valence-corrected chi connectivity index (χ4v) is 1.38. The lowest BCUT2D eigenvalue weighted by molar-refractivity contribution is -0.138. The van der Waals surface area contributed by atoms with Crippen LogP contribution in [0.5, 0.6) is 0 Å². The molecule has 1 unspecified atom stereocenters. The molecule has 0 radical (unpaired) electrons. The molecule has 0 rings (SSSR count). The topological polar surface area (TPSA) is 98.0 Å². The molecule has 0 saturated carbocycles. The average Bonchev–Trinajstić information content (AvgIpc) is 2.33. The number of carbonyl (C=O) groups is 1. The Hall–Kier alpha value is -0.650. The van der Waals surface area contributed by atoms with Gasteiger partial charge in [0.2, 0.25) is 0 Å². The molecule has 0 aromatic carbocycles. The quantitative estimate of drug-likeness (QED) is 0.529. The molecule has 0 bridgehead atoms. The number of hydrogen-bond donors (Lipinski definition) is 4. The maximum Gasteiger partial charge on any atom is 0.303 e. The predicted molar refractivity (Wildman–Crippen MR) is 70.3 cm³/mol. The van der Waals surface area contributed by atoms with Gasteiger partial charge in [0.15, 0.2) is 0 Å². The smallest absolute Gasteiger partial charge is 0.303 e. The minimum absolute atomic E-state index is 0.156. The Balaban J connectivity index is 0. The first-order chi connectivity index (χ1) is 8.41. The lowest BCUT2D eigenvalue weighted by Crippen LogP contribution is -2.32. The Labute approximate surface area is 109 Å². The highest BCUT2D eigenvalue weighted by molar-refractivity contribution is 5.66. The first-order valence-corrected chi connectivity index (χ1v) is 6.45. The molecule has 0 amide bonds. The summed E-state index contributed by atoms with van der Waals surface area (Å²) in [5.41, 5.74) is -0.667. The van der Waals surface area contributed by atoms with Crippen LogP contribution in [0.15, 0.2) is 0 Å². The molecule has 4 N–H and O–H groups in total. The molecule has 0 fully saturated rings. The zero-order valence-corrected chi connectivity index (χ0v) is 11.7. The largest absolute Gasteiger partial charge is 0.481 e. The summed E-state index contributed by atoms with van der Waals surface area (Å²) in [6.45, 7) is 5.39. The highest BCUT2D eigenvalue weighted by Gasteiger charge is 2.24. The van der Waals surface area contributed by atoms with Crippen LogP contribution in [-0.2, 0) is 4.79 Å². The Morgan fingerprint density at radius 3 is 1.72 bits per heavy atom. The van der Waals surface area contributed by atoms with Gasteiger partial charge in [-0.2, -0.15) is 0 Å². The van der Waals surface area contributed by atoms with Crippen molar-refractivity contribution in [2.45, 2.75) is 46.5 Å². The Bertz CT molecular complexity index is 184. The van der Waals surface area contributed by atoms with Gasteiger partial charge in [0, 0.05) is 11.8 Å². The van der Waals surface area contributed by atoms with Crippen LogP contribution in [0.25, 0.3) is 0 Å². The molecule has 5 nitrogen and oxygen atoms in total. The summed E-state index contributed by atoms with van der Waals surface area (Å²) in [4.78, 5) is 10.1. The van der Waals surface area contributed by atoms with Crippen molar-refractivity contribution in [2.75, 3.05) is 19.8 Å². The standard InChI is InChI=1S/C7H14O2.C6H14O3/c1-3-4-6(2)5-7(8)9;1-2-6(3-7,4-8)5-9/h6H,3-5H2,1-2H3,(H,8,9);7-9H,2-5H2,1H3. The maximum atomic E-state index is 10.1. The van der Waals surface area contributed by atoms with Gasteiger partial charge in [0.1, 0.15) is 0 Å². The van der Waals surface area contributed by atoms with Crippen LogP contribution in [0.4, 0.5) is 0 Å². The van der Waals surface area contributed by atoms with Gasteiger partial charge in [-0.1, -0.05) is 33.6 Å². The summed E-state index contributed by atoms with van der Waals surface area (Å²) >= 11 is 0. The molecule has 5 heteroatoms. The summed E-state index contributed by atoms with van der Waals surface area (Å²) in [5, 5.41) is 34.3. The summed E-state index contributed by atoms with van der Waals surface area (Å²) in [6.07, 6.45) is 3.01. The molecule has 1 atom stereocenters. The Morgan fingerprint density at radius 1 is 1.11 bits per heavy atom. The maximum absolute atomic E-state index is 10.1. The van der Waals surface area contributed by atoms with Crippen molar-refractivity contribution in [3.63, 3.8) is 0 Å². The van der Waals surface area contributed by atoms with Crippen LogP contribution in [0.2, 0.25) is 0 Å². The van der Waals surface area contributed by atoms with E-state index in [0.717, 1.165) is 12.8 Å². The van der Waals surface area contributed by atoms with Crippen LogP contribution in [0.1, 0.15) is 46.5 Å². The SMILES string of the molecule is CCC(CO)(CO)CO.CCCC(C)CC(=O)O. The van der Waals surface area contributed by atoms with Crippen molar-refractivity contribution >= 4 is 5.97 Å². The third-order valence-corrected chi connectivity index (χ3v) is 3.06. The lowest BCUT2D eigenvalue weighted by Gasteiger charge is -2.24. The van der Waals surface area contributed by atoms with Crippen molar-refractivity contribution in [1.82, 2.24) is 0 Å². The molecule has 0 aromatic heterocycles. The van der Waals surface area contributed by atoms with E-state index in [2.05, 4.69) is 6.92 Å². The normalized spacial score (nSPS) is 12.6.